The van der Waals surface area contributed by atoms with Gasteiger partial charge in [0, 0.05) is 13.5 Å². The van der Waals surface area contributed by atoms with Crippen molar-refractivity contribution in [1.82, 2.24) is 9.80 Å². The Morgan fingerprint density at radius 3 is 2.73 bits per heavy atom. The highest BCUT2D eigenvalue weighted by Gasteiger charge is 2.46. The van der Waals surface area contributed by atoms with Crippen LogP contribution in [0.5, 0.6) is 11.5 Å². The predicted octanol–water partition coefficient (Wildman–Crippen LogP) is 1.73. The van der Waals surface area contributed by atoms with Crippen LogP contribution in [0.2, 0.25) is 0 Å². The number of hydrogen-bond acceptors (Lipinski definition) is 4. The maximum atomic E-state index is 12.9. The number of amides is 2. The molecule has 132 valence electrons. The van der Waals surface area contributed by atoms with Crippen LogP contribution in [0.3, 0.4) is 0 Å². The number of benzene rings is 2. The van der Waals surface area contributed by atoms with Crippen LogP contribution in [0.25, 0.3) is 0 Å². The van der Waals surface area contributed by atoms with E-state index >= 15 is 0 Å². The lowest BCUT2D eigenvalue weighted by Gasteiger charge is -2.47. The van der Waals surface area contributed by atoms with Crippen LogP contribution >= 0.6 is 0 Å². The molecule has 2 aromatic rings. The van der Waals surface area contributed by atoms with Crippen molar-refractivity contribution in [2.75, 3.05) is 20.4 Å². The van der Waals surface area contributed by atoms with Gasteiger partial charge in [0.2, 0.25) is 18.6 Å². The minimum atomic E-state index is -0.466. The summed E-state index contributed by atoms with van der Waals surface area (Å²) in [7, 11) is 1.69. The summed E-state index contributed by atoms with van der Waals surface area (Å²) in [5, 5.41) is 0. The quantitative estimate of drug-likeness (QED) is 0.786. The Balaban J connectivity index is 1.68. The Labute approximate surface area is 150 Å². The van der Waals surface area contributed by atoms with Gasteiger partial charge >= 0.3 is 0 Å². The highest BCUT2D eigenvalue weighted by atomic mass is 16.7. The van der Waals surface area contributed by atoms with E-state index in [4.69, 9.17) is 9.47 Å². The first-order valence-corrected chi connectivity index (χ1v) is 8.67. The largest absolute Gasteiger partial charge is 0.454 e. The Bertz CT molecular complexity index is 926. The fourth-order valence-corrected chi connectivity index (χ4v) is 4.19. The van der Waals surface area contributed by atoms with E-state index < -0.39 is 6.04 Å². The molecule has 0 N–H and O–H groups in total. The highest BCUT2D eigenvalue weighted by Crippen LogP contribution is 2.42. The van der Waals surface area contributed by atoms with Crippen LogP contribution in [-0.4, -0.2) is 48.0 Å². The number of carbonyl (C=O) groups is 2. The van der Waals surface area contributed by atoms with Crippen molar-refractivity contribution < 1.29 is 19.1 Å². The predicted molar refractivity (Wildman–Crippen MR) is 92.8 cm³/mol. The van der Waals surface area contributed by atoms with Crippen molar-refractivity contribution in [2.24, 2.45) is 0 Å². The van der Waals surface area contributed by atoms with Gasteiger partial charge in [0.15, 0.2) is 11.5 Å². The van der Waals surface area contributed by atoms with Gasteiger partial charge in [-0.05, 0) is 28.8 Å². The van der Waals surface area contributed by atoms with Crippen LogP contribution < -0.4 is 9.47 Å². The Hall–Kier alpha value is -3.02. The van der Waals surface area contributed by atoms with Crippen molar-refractivity contribution in [1.29, 1.82) is 0 Å². The molecule has 26 heavy (non-hydrogen) atoms. The Morgan fingerprint density at radius 1 is 1.04 bits per heavy atom. The minimum absolute atomic E-state index is 0.00940. The molecule has 6 nitrogen and oxygen atoms in total. The van der Waals surface area contributed by atoms with Crippen molar-refractivity contribution in [3.05, 3.63) is 59.2 Å². The molecule has 3 aliphatic rings. The molecular weight excluding hydrogens is 332 g/mol. The van der Waals surface area contributed by atoms with E-state index in [-0.39, 0.29) is 31.2 Å². The summed E-state index contributed by atoms with van der Waals surface area (Å²) in [6, 6.07) is 13.0. The monoisotopic (exact) mass is 350 g/mol. The van der Waals surface area contributed by atoms with E-state index in [0.29, 0.717) is 17.9 Å². The first-order valence-electron chi connectivity index (χ1n) is 8.67. The third kappa shape index (κ3) is 2.11. The SMILES string of the molecule is CN1CC(=O)N2[C@H](c3ccc4c(c3)OCO4)c3ccccc3C[C@@H]2C1=O. The van der Waals surface area contributed by atoms with E-state index in [2.05, 4.69) is 0 Å². The first-order chi connectivity index (χ1) is 12.6. The standard InChI is InChI=1S/C20H18N2O4/c1-21-10-18(23)22-15(20(21)24)8-12-4-2-3-5-14(12)19(22)13-6-7-16-17(9-13)26-11-25-16/h2-7,9,15,19H,8,10-11H2,1H3/t15-,19-/m1/s1. The fourth-order valence-electron chi connectivity index (χ4n) is 4.19. The van der Waals surface area contributed by atoms with Gasteiger partial charge in [0.25, 0.3) is 0 Å². The van der Waals surface area contributed by atoms with Gasteiger partial charge < -0.3 is 19.3 Å². The summed E-state index contributed by atoms with van der Waals surface area (Å²) in [6.07, 6.45) is 0.548. The molecule has 3 heterocycles. The summed E-state index contributed by atoms with van der Waals surface area (Å²) < 4.78 is 10.9. The molecule has 0 radical (unpaired) electrons. The summed E-state index contributed by atoms with van der Waals surface area (Å²) in [5.41, 5.74) is 3.10. The van der Waals surface area contributed by atoms with Gasteiger partial charge in [0.05, 0.1) is 12.6 Å². The maximum Gasteiger partial charge on any atom is 0.245 e. The van der Waals surface area contributed by atoms with Crippen molar-refractivity contribution >= 4 is 11.8 Å². The summed E-state index contributed by atoms with van der Waals surface area (Å²) in [4.78, 5) is 28.9. The fraction of sp³-hybridized carbons (Fsp3) is 0.300. The number of likely N-dealkylation sites (N-methyl/N-ethyl adjacent to an activating group) is 1. The van der Waals surface area contributed by atoms with Gasteiger partial charge in [-0.2, -0.15) is 0 Å². The zero-order valence-electron chi connectivity index (χ0n) is 14.3. The molecule has 0 spiro atoms. The number of rotatable bonds is 1. The van der Waals surface area contributed by atoms with Crippen LogP contribution in [0.1, 0.15) is 22.7 Å². The maximum absolute atomic E-state index is 12.9. The van der Waals surface area contributed by atoms with Crippen molar-refractivity contribution in [3.8, 4) is 11.5 Å². The van der Waals surface area contributed by atoms with Gasteiger partial charge in [-0.25, -0.2) is 0 Å². The molecule has 0 bridgehead atoms. The second kappa shape index (κ2) is 5.49. The molecule has 0 unspecified atom stereocenters. The molecule has 6 heteroatoms. The summed E-state index contributed by atoms with van der Waals surface area (Å²) >= 11 is 0. The van der Waals surface area contributed by atoms with Gasteiger partial charge in [-0.1, -0.05) is 30.3 Å². The zero-order chi connectivity index (χ0) is 17.8. The van der Waals surface area contributed by atoms with Crippen LogP contribution in [0.15, 0.2) is 42.5 Å². The van der Waals surface area contributed by atoms with Gasteiger partial charge in [-0.15, -0.1) is 0 Å². The first kappa shape index (κ1) is 15.3. The number of nitrogens with zero attached hydrogens (tertiary/aromatic N) is 2. The smallest absolute Gasteiger partial charge is 0.245 e. The van der Waals surface area contributed by atoms with E-state index in [1.54, 1.807) is 11.9 Å². The lowest BCUT2D eigenvalue weighted by Crippen LogP contribution is -2.62. The highest BCUT2D eigenvalue weighted by molar-refractivity contribution is 5.96. The van der Waals surface area contributed by atoms with E-state index in [0.717, 1.165) is 16.7 Å². The Kier molecular flexibility index (Phi) is 3.22. The lowest BCUT2D eigenvalue weighted by atomic mass is 9.83. The summed E-state index contributed by atoms with van der Waals surface area (Å²) in [5.74, 6) is 1.34. The molecule has 0 aromatic heterocycles. The average molecular weight is 350 g/mol. The molecule has 5 rings (SSSR count). The van der Waals surface area contributed by atoms with Gasteiger partial charge in [-0.3, -0.25) is 9.59 Å². The molecule has 1 fully saturated rings. The van der Waals surface area contributed by atoms with Crippen molar-refractivity contribution in [2.45, 2.75) is 18.5 Å². The minimum Gasteiger partial charge on any atom is -0.454 e. The Morgan fingerprint density at radius 2 is 1.85 bits per heavy atom. The number of hydrogen-bond donors (Lipinski definition) is 0. The molecule has 2 amide bonds. The summed E-state index contributed by atoms with van der Waals surface area (Å²) in [6.45, 7) is 0.313. The molecule has 2 atom stereocenters. The molecule has 2 aromatic carbocycles. The van der Waals surface area contributed by atoms with Crippen LogP contribution in [0, 0.1) is 0 Å². The molecule has 1 saturated heterocycles. The van der Waals surface area contributed by atoms with Crippen LogP contribution in [0.4, 0.5) is 0 Å². The number of piperazine rings is 1. The third-order valence-electron chi connectivity index (χ3n) is 5.41. The number of fused-ring (bicyclic) bond motifs is 3. The average Bonchev–Trinajstić information content (AvgIpc) is 3.12. The third-order valence-corrected chi connectivity index (χ3v) is 5.41. The molecular formula is C20H18N2O4. The normalized spacial score (nSPS) is 23.7. The second-order valence-electron chi connectivity index (χ2n) is 6.93. The molecule has 3 aliphatic heterocycles. The zero-order valence-corrected chi connectivity index (χ0v) is 14.3. The second-order valence-corrected chi connectivity index (χ2v) is 6.93. The lowest BCUT2D eigenvalue weighted by molar-refractivity contribution is -0.157. The van der Waals surface area contributed by atoms with E-state index in [9.17, 15) is 9.59 Å². The van der Waals surface area contributed by atoms with Gasteiger partial charge in [0.1, 0.15) is 6.04 Å². The van der Waals surface area contributed by atoms with Crippen molar-refractivity contribution in [3.63, 3.8) is 0 Å². The molecule has 0 aliphatic carbocycles. The number of carbonyl (C=O) groups excluding carboxylic acids is 2. The van der Waals surface area contributed by atoms with Crippen LogP contribution in [-0.2, 0) is 16.0 Å². The van der Waals surface area contributed by atoms with E-state index in [1.165, 1.54) is 4.90 Å². The number of ether oxygens (including phenoxy) is 2. The molecule has 0 saturated carbocycles. The van der Waals surface area contributed by atoms with E-state index in [1.807, 2.05) is 42.5 Å². The topological polar surface area (TPSA) is 59.1 Å².